The van der Waals surface area contributed by atoms with E-state index < -0.39 is 17.7 Å². The summed E-state index contributed by atoms with van der Waals surface area (Å²) in [5.41, 5.74) is 0.297. The first-order valence-corrected chi connectivity index (χ1v) is 5.26. The SMILES string of the molecule is Cc1c(-c2ccc(C(F)(F)F)cc2)n[nH]c1C(=O)O. The van der Waals surface area contributed by atoms with E-state index >= 15 is 0 Å². The number of carbonyl (C=O) groups is 1. The molecule has 19 heavy (non-hydrogen) atoms. The molecule has 0 bridgehead atoms. The van der Waals surface area contributed by atoms with Gasteiger partial charge in [0.05, 0.1) is 11.3 Å². The number of carboxylic acid groups (broad SMARTS) is 1. The maximum atomic E-state index is 12.4. The number of carboxylic acids is 1. The van der Waals surface area contributed by atoms with Gasteiger partial charge >= 0.3 is 12.1 Å². The molecule has 7 heteroatoms. The van der Waals surface area contributed by atoms with E-state index in [2.05, 4.69) is 10.2 Å². The topological polar surface area (TPSA) is 66.0 Å². The van der Waals surface area contributed by atoms with Crippen molar-refractivity contribution in [2.45, 2.75) is 13.1 Å². The van der Waals surface area contributed by atoms with Gasteiger partial charge in [-0.3, -0.25) is 5.10 Å². The van der Waals surface area contributed by atoms with E-state index in [0.717, 1.165) is 12.1 Å². The fourth-order valence-corrected chi connectivity index (χ4v) is 1.70. The number of rotatable bonds is 2. The summed E-state index contributed by atoms with van der Waals surface area (Å²) >= 11 is 0. The van der Waals surface area contributed by atoms with Crippen molar-refractivity contribution in [2.24, 2.45) is 0 Å². The number of benzene rings is 1. The van der Waals surface area contributed by atoms with Crippen LogP contribution in [0.5, 0.6) is 0 Å². The molecule has 1 heterocycles. The van der Waals surface area contributed by atoms with Gasteiger partial charge < -0.3 is 5.11 Å². The van der Waals surface area contributed by atoms with Crippen LogP contribution in [0.4, 0.5) is 13.2 Å². The Morgan fingerprint density at radius 1 is 1.26 bits per heavy atom. The summed E-state index contributed by atoms with van der Waals surface area (Å²) in [6.07, 6.45) is -4.40. The van der Waals surface area contributed by atoms with Crippen molar-refractivity contribution in [3.63, 3.8) is 0 Å². The molecule has 0 spiro atoms. The van der Waals surface area contributed by atoms with E-state index in [-0.39, 0.29) is 5.69 Å². The van der Waals surface area contributed by atoms with Crippen LogP contribution in [-0.2, 0) is 6.18 Å². The lowest BCUT2D eigenvalue weighted by atomic mass is 10.0. The van der Waals surface area contributed by atoms with Gasteiger partial charge in [0.2, 0.25) is 0 Å². The summed E-state index contributed by atoms with van der Waals surface area (Å²) in [7, 11) is 0. The zero-order chi connectivity index (χ0) is 14.2. The number of aromatic nitrogens is 2. The molecule has 0 aliphatic rings. The van der Waals surface area contributed by atoms with Gasteiger partial charge in [-0.15, -0.1) is 0 Å². The van der Waals surface area contributed by atoms with Gasteiger partial charge in [-0.2, -0.15) is 18.3 Å². The first-order chi connectivity index (χ1) is 8.80. The van der Waals surface area contributed by atoms with Crippen LogP contribution in [0.25, 0.3) is 11.3 Å². The van der Waals surface area contributed by atoms with E-state index in [9.17, 15) is 18.0 Å². The Bertz CT molecular complexity index is 615. The molecule has 2 aromatic rings. The molecule has 0 aliphatic heterocycles. The molecule has 0 atom stereocenters. The maximum absolute atomic E-state index is 12.4. The predicted octanol–water partition coefficient (Wildman–Crippen LogP) is 3.10. The lowest BCUT2D eigenvalue weighted by Crippen LogP contribution is -2.04. The summed E-state index contributed by atoms with van der Waals surface area (Å²) < 4.78 is 37.2. The van der Waals surface area contributed by atoms with Crippen LogP contribution in [-0.4, -0.2) is 21.3 Å². The van der Waals surface area contributed by atoms with E-state index in [0.29, 0.717) is 16.8 Å². The summed E-state index contributed by atoms with van der Waals surface area (Å²) in [6.45, 7) is 1.54. The average molecular weight is 270 g/mol. The normalized spacial score (nSPS) is 11.6. The Balaban J connectivity index is 2.41. The van der Waals surface area contributed by atoms with Crippen LogP contribution in [0.3, 0.4) is 0 Å². The highest BCUT2D eigenvalue weighted by Gasteiger charge is 2.30. The van der Waals surface area contributed by atoms with Gasteiger partial charge in [-0.1, -0.05) is 12.1 Å². The second-order valence-electron chi connectivity index (χ2n) is 3.95. The molecule has 0 unspecified atom stereocenters. The van der Waals surface area contributed by atoms with Crippen molar-refractivity contribution in [1.82, 2.24) is 10.2 Å². The minimum atomic E-state index is -4.40. The fraction of sp³-hybridized carbons (Fsp3) is 0.167. The number of nitrogens with zero attached hydrogens (tertiary/aromatic N) is 1. The third kappa shape index (κ3) is 2.44. The van der Waals surface area contributed by atoms with Crippen LogP contribution in [0.15, 0.2) is 24.3 Å². The molecule has 0 amide bonds. The first kappa shape index (κ1) is 13.1. The Kier molecular flexibility index (Phi) is 3.05. The number of aromatic amines is 1. The largest absolute Gasteiger partial charge is 0.477 e. The molecule has 0 fully saturated rings. The highest BCUT2D eigenvalue weighted by Crippen LogP contribution is 2.31. The Morgan fingerprint density at radius 2 is 1.84 bits per heavy atom. The minimum absolute atomic E-state index is 0.0742. The molecular formula is C12H9F3N2O2. The number of hydrogen-bond donors (Lipinski definition) is 2. The second-order valence-corrected chi connectivity index (χ2v) is 3.95. The quantitative estimate of drug-likeness (QED) is 0.881. The van der Waals surface area contributed by atoms with E-state index in [1.807, 2.05) is 0 Å². The fourth-order valence-electron chi connectivity index (χ4n) is 1.70. The number of alkyl halides is 3. The van der Waals surface area contributed by atoms with Crippen LogP contribution < -0.4 is 0 Å². The summed E-state index contributed by atoms with van der Waals surface area (Å²) in [6, 6.07) is 4.39. The van der Waals surface area contributed by atoms with Crippen LogP contribution in [0.1, 0.15) is 21.6 Å². The van der Waals surface area contributed by atoms with Crippen molar-refractivity contribution in [3.8, 4) is 11.3 Å². The predicted molar refractivity (Wildman–Crippen MR) is 60.7 cm³/mol. The maximum Gasteiger partial charge on any atom is 0.416 e. The van der Waals surface area contributed by atoms with Crippen molar-refractivity contribution in [2.75, 3.05) is 0 Å². The van der Waals surface area contributed by atoms with Crippen molar-refractivity contribution in [1.29, 1.82) is 0 Å². The molecule has 0 radical (unpaired) electrons. The van der Waals surface area contributed by atoms with E-state index in [4.69, 9.17) is 5.11 Å². The molecule has 0 saturated carbocycles. The average Bonchev–Trinajstić information content (AvgIpc) is 2.70. The molecule has 2 rings (SSSR count). The van der Waals surface area contributed by atoms with Gasteiger partial charge in [0.15, 0.2) is 0 Å². The molecular weight excluding hydrogens is 261 g/mol. The molecule has 2 N–H and O–H groups in total. The second kappa shape index (κ2) is 4.42. The zero-order valence-corrected chi connectivity index (χ0v) is 9.75. The highest BCUT2D eigenvalue weighted by atomic mass is 19.4. The van der Waals surface area contributed by atoms with E-state index in [1.165, 1.54) is 12.1 Å². The smallest absolute Gasteiger partial charge is 0.416 e. The standard InChI is InChI=1S/C12H9F3N2O2/c1-6-9(16-17-10(6)11(18)19)7-2-4-8(5-3-7)12(13,14)15/h2-5H,1H3,(H,16,17)(H,18,19). The van der Waals surface area contributed by atoms with Gasteiger partial charge in [-0.25, -0.2) is 4.79 Å². The van der Waals surface area contributed by atoms with Gasteiger partial charge in [0.25, 0.3) is 0 Å². The van der Waals surface area contributed by atoms with Crippen molar-refractivity contribution >= 4 is 5.97 Å². The number of nitrogens with one attached hydrogen (secondary N) is 1. The molecule has 0 saturated heterocycles. The highest BCUT2D eigenvalue weighted by molar-refractivity contribution is 5.89. The van der Waals surface area contributed by atoms with Gasteiger partial charge in [0.1, 0.15) is 5.69 Å². The van der Waals surface area contributed by atoms with Crippen LogP contribution >= 0.6 is 0 Å². The van der Waals surface area contributed by atoms with Crippen LogP contribution in [0, 0.1) is 6.92 Å². The minimum Gasteiger partial charge on any atom is -0.477 e. The summed E-state index contributed by atoms with van der Waals surface area (Å²) in [4.78, 5) is 10.8. The third-order valence-electron chi connectivity index (χ3n) is 2.71. The monoisotopic (exact) mass is 270 g/mol. The lowest BCUT2D eigenvalue weighted by molar-refractivity contribution is -0.137. The van der Waals surface area contributed by atoms with Gasteiger partial charge in [-0.05, 0) is 19.1 Å². The third-order valence-corrected chi connectivity index (χ3v) is 2.71. The molecule has 0 aliphatic carbocycles. The van der Waals surface area contributed by atoms with Crippen LogP contribution in [0.2, 0.25) is 0 Å². The van der Waals surface area contributed by atoms with Crippen molar-refractivity contribution in [3.05, 3.63) is 41.1 Å². The number of halogens is 3. The Hall–Kier alpha value is -2.31. The molecule has 1 aromatic heterocycles. The lowest BCUT2D eigenvalue weighted by Gasteiger charge is -2.06. The molecule has 100 valence electrons. The van der Waals surface area contributed by atoms with E-state index in [1.54, 1.807) is 6.92 Å². The molecule has 4 nitrogen and oxygen atoms in total. The molecule has 1 aromatic carbocycles. The summed E-state index contributed by atoms with van der Waals surface area (Å²) in [5.74, 6) is -1.16. The number of aromatic carboxylic acids is 1. The zero-order valence-electron chi connectivity index (χ0n) is 9.75. The van der Waals surface area contributed by atoms with Crippen molar-refractivity contribution < 1.29 is 23.1 Å². The number of hydrogen-bond acceptors (Lipinski definition) is 2. The van der Waals surface area contributed by atoms with Gasteiger partial charge in [0, 0.05) is 11.1 Å². The Labute approximate surface area is 105 Å². The summed E-state index contributed by atoms with van der Waals surface area (Å²) in [5, 5.41) is 15.0. The Morgan fingerprint density at radius 3 is 2.26 bits per heavy atom. The first-order valence-electron chi connectivity index (χ1n) is 5.26. The number of H-pyrrole nitrogens is 1.